The van der Waals surface area contributed by atoms with Crippen molar-refractivity contribution in [3.8, 4) is 5.75 Å². The van der Waals surface area contributed by atoms with Crippen LogP contribution in [0.15, 0.2) is 18.2 Å². The summed E-state index contributed by atoms with van der Waals surface area (Å²) < 4.78 is 18.7. The van der Waals surface area contributed by atoms with Gasteiger partial charge in [0.1, 0.15) is 11.6 Å². The van der Waals surface area contributed by atoms with Gasteiger partial charge in [-0.05, 0) is 25.0 Å². The van der Waals surface area contributed by atoms with Crippen molar-refractivity contribution in [1.82, 2.24) is 0 Å². The van der Waals surface area contributed by atoms with E-state index in [1.807, 2.05) is 0 Å². The zero-order valence-electron chi connectivity index (χ0n) is 9.83. The van der Waals surface area contributed by atoms with Crippen molar-refractivity contribution in [3.63, 3.8) is 0 Å². The Morgan fingerprint density at radius 2 is 2.06 bits per heavy atom. The van der Waals surface area contributed by atoms with Gasteiger partial charge in [0.2, 0.25) is 0 Å². The van der Waals surface area contributed by atoms with Crippen molar-refractivity contribution in [1.29, 1.82) is 0 Å². The van der Waals surface area contributed by atoms with Gasteiger partial charge in [-0.2, -0.15) is 0 Å². The fraction of sp³-hybridized carbons (Fsp3) is 0.462. The molecule has 0 aliphatic heterocycles. The summed E-state index contributed by atoms with van der Waals surface area (Å²) in [5.41, 5.74) is 5.21. The van der Waals surface area contributed by atoms with Crippen LogP contribution in [0.4, 0.5) is 4.39 Å². The number of nitrogens with two attached hydrogens (primary N) is 1. The molecule has 2 rings (SSSR count). The average Bonchev–Trinajstić information content (AvgIpc) is 2.76. The molecule has 0 unspecified atom stereocenters. The van der Waals surface area contributed by atoms with Gasteiger partial charge in [0, 0.05) is 6.07 Å². The Balaban J connectivity index is 2.31. The molecule has 1 aliphatic carbocycles. The monoisotopic (exact) mass is 237 g/mol. The number of methoxy groups -OCH3 is 1. The molecule has 92 valence electrons. The Kier molecular flexibility index (Phi) is 3.15. The Morgan fingerprint density at radius 3 is 2.59 bits per heavy atom. The lowest BCUT2D eigenvalue weighted by molar-refractivity contribution is 0.0887. The minimum absolute atomic E-state index is 0.0650. The number of hydrogen-bond donors (Lipinski definition) is 1. The SMILES string of the molecule is COc1ccc(C(=O)C2(N)CCCC2)c(F)c1. The molecule has 0 heterocycles. The van der Waals surface area contributed by atoms with Crippen LogP contribution in [0.2, 0.25) is 0 Å². The number of rotatable bonds is 3. The van der Waals surface area contributed by atoms with Crippen LogP contribution in [0.1, 0.15) is 36.0 Å². The lowest BCUT2D eigenvalue weighted by Gasteiger charge is -2.22. The molecule has 3 nitrogen and oxygen atoms in total. The molecule has 0 bridgehead atoms. The largest absolute Gasteiger partial charge is 0.497 e. The molecule has 1 aromatic carbocycles. The molecule has 17 heavy (non-hydrogen) atoms. The Labute approximate surface area is 99.8 Å². The molecule has 0 amide bonds. The number of Topliss-reactive ketones (excluding diaryl/α,β-unsaturated/α-hetero) is 1. The van der Waals surface area contributed by atoms with Crippen molar-refractivity contribution in [2.24, 2.45) is 5.73 Å². The van der Waals surface area contributed by atoms with Crippen LogP contribution in [-0.2, 0) is 0 Å². The normalized spacial score (nSPS) is 18.1. The Morgan fingerprint density at radius 1 is 1.41 bits per heavy atom. The third kappa shape index (κ3) is 2.17. The highest BCUT2D eigenvalue weighted by Gasteiger charge is 2.38. The van der Waals surface area contributed by atoms with E-state index in [9.17, 15) is 9.18 Å². The molecule has 1 aliphatic rings. The van der Waals surface area contributed by atoms with Crippen molar-refractivity contribution in [2.45, 2.75) is 31.2 Å². The van der Waals surface area contributed by atoms with Gasteiger partial charge in [-0.25, -0.2) is 4.39 Å². The molecule has 0 aromatic heterocycles. The van der Waals surface area contributed by atoms with Crippen LogP contribution in [0.5, 0.6) is 5.75 Å². The summed E-state index contributed by atoms with van der Waals surface area (Å²) in [5.74, 6) is -0.460. The Bertz CT molecular complexity index is 439. The third-order valence-electron chi connectivity index (χ3n) is 3.37. The second-order valence-corrected chi connectivity index (χ2v) is 4.54. The highest BCUT2D eigenvalue weighted by atomic mass is 19.1. The summed E-state index contributed by atoms with van der Waals surface area (Å²) in [6, 6.07) is 4.24. The molecule has 0 spiro atoms. The maximum absolute atomic E-state index is 13.8. The highest BCUT2D eigenvalue weighted by molar-refractivity contribution is 6.03. The molecular formula is C13H16FNO2. The third-order valence-corrected chi connectivity index (χ3v) is 3.37. The van der Waals surface area contributed by atoms with Gasteiger partial charge in [-0.1, -0.05) is 12.8 Å². The predicted molar refractivity (Wildman–Crippen MR) is 62.7 cm³/mol. The topological polar surface area (TPSA) is 52.3 Å². The Hall–Kier alpha value is -1.42. The number of hydrogen-bond acceptors (Lipinski definition) is 3. The molecule has 4 heteroatoms. The van der Waals surface area contributed by atoms with Crippen molar-refractivity contribution in [2.75, 3.05) is 7.11 Å². The molecule has 0 atom stereocenters. The second-order valence-electron chi connectivity index (χ2n) is 4.54. The van der Waals surface area contributed by atoms with E-state index >= 15 is 0 Å². The number of ether oxygens (including phenoxy) is 1. The van der Waals surface area contributed by atoms with E-state index in [2.05, 4.69) is 0 Å². The van der Waals surface area contributed by atoms with Gasteiger partial charge in [-0.3, -0.25) is 4.79 Å². The van der Waals surface area contributed by atoms with Crippen molar-refractivity contribution >= 4 is 5.78 Å². The molecule has 1 saturated carbocycles. The summed E-state index contributed by atoms with van der Waals surface area (Å²) >= 11 is 0. The van der Waals surface area contributed by atoms with Crippen LogP contribution in [0.25, 0.3) is 0 Å². The fourth-order valence-corrected chi connectivity index (χ4v) is 2.31. The maximum atomic E-state index is 13.8. The smallest absolute Gasteiger partial charge is 0.185 e. The van der Waals surface area contributed by atoms with Crippen LogP contribution in [0.3, 0.4) is 0 Å². The first-order valence-electron chi connectivity index (χ1n) is 5.74. The fourth-order valence-electron chi connectivity index (χ4n) is 2.31. The second kappa shape index (κ2) is 4.45. The van der Waals surface area contributed by atoms with Crippen LogP contribution < -0.4 is 10.5 Å². The van der Waals surface area contributed by atoms with Gasteiger partial charge in [-0.15, -0.1) is 0 Å². The summed E-state index contributed by atoms with van der Waals surface area (Å²) in [6.07, 6.45) is 3.13. The van der Waals surface area contributed by atoms with Crippen molar-refractivity contribution in [3.05, 3.63) is 29.6 Å². The number of carbonyl (C=O) groups is 1. The van der Waals surface area contributed by atoms with E-state index in [1.54, 1.807) is 6.07 Å². The number of carbonyl (C=O) groups excluding carboxylic acids is 1. The molecule has 2 N–H and O–H groups in total. The van der Waals surface area contributed by atoms with E-state index in [-0.39, 0.29) is 11.3 Å². The standard InChI is InChI=1S/C13H16FNO2/c1-17-9-4-5-10(11(14)8-9)12(16)13(15)6-2-3-7-13/h4-5,8H,2-3,6-7,15H2,1H3. The molecule has 1 aromatic rings. The first kappa shape index (κ1) is 12.0. The van der Waals surface area contributed by atoms with Gasteiger partial charge in [0.25, 0.3) is 0 Å². The van der Waals surface area contributed by atoms with Crippen LogP contribution in [0, 0.1) is 5.82 Å². The van der Waals surface area contributed by atoms with E-state index in [0.29, 0.717) is 18.6 Å². The molecule has 1 fully saturated rings. The van der Waals surface area contributed by atoms with Gasteiger partial charge in [0.05, 0.1) is 18.2 Å². The van der Waals surface area contributed by atoms with Gasteiger partial charge in [0.15, 0.2) is 5.78 Å². The molecule has 0 radical (unpaired) electrons. The van der Waals surface area contributed by atoms with E-state index < -0.39 is 11.4 Å². The number of halogens is 1. The summed E-state index contributed by atoms with van der Waals surface area (Å²) in [6.45, 7) is 0. The quantitative estimate of drug-likeness (QED) is 0.820. The first-order valence-corrected chi connectivity index (χ1v) is 5.74. The molecular weight excluding hydrogens is 221 g/mol. The zero-order valence-corrected chi connectivity index (χ0v) is 9.83. The minimum Gasteiger partial charge on any atom is -0.497 e. The lowest BCUT2D eigenvalue weighted by Crippen LogP contribution is -2.45. The van der Waals surface area contributed by atoms with Crippen molar-refractivity contribution < 1.29 is 13.9 Å². The summed E-state index contributed by atoms with van der Waals surface area (Å²) in [5, 5.41) is 0. The first-order chi connectivity index (χ1) is 8.07. The number of ketones is 1. The van der Waals surface area contributed by atoms with Gasteiger partial charge < -0.3 is 10.5 Å². The van der Waals surface area contributed by atoms with Gasteiger partial charge >= 0.3 is 0 Å². The lowest BCUT2D eigenvalue weighted by atomic mass is 9.88. The minimum atomic E-state index is -0.880. The average molecular weight is 237 g/mol. The van der Waals surface area contributed by atoms with Crippen LogP contribution >= 0.6 is 0 Å². The van der Waals surface area contributed by atoms with E-state index in [0.717, 1.165) is 12.8 Å². The predicted octanol–water partition coefficient (Wildman–Crippen LogP) is 2.29. The number of benzene rings is 1. The summed E-state index contributed by atoms with van der Waals surface area (Å²) in [7, 11) is 1.46. The maximum Gasteiger partial charge on any atom is 0.185 e. The molecule has 0 saturated heterocycles. The zero-order chi connectivity index (χ0) is 12.5. The summed E-state index contributed by atoms with van der Waals surface area (Å²) in [4.78, 5) is 12.2. The van der Waals surface area contributed by atoms with E-state index in [1.165, 1.54) is 19.2 Å². The van der Waals surface area contributed by atoms with E-state index in [4.69, 9.17) is 10.5 Å². The highest BCUT2D eigenvalue weighted by Crippen LogP contribution is 2.31. The van der Waals surface area contributed by atoms with Crippen LogP contribution in [-0.4, -0.2) is 18.4 Å².